The van der Waals surface area contributed by atoms with Crippen molar-refractivity contribution in [2.24, 2.45) is 10.9 Å². The molecule has 0 fully saturated rings. The van der Waals surface area contributed by atoms with Crippen LogP contribution in [0.15, 0.2) is 46.3 Å². The third kappa shape index (κ3) is 3.64. The van der Waals surface area contributed by atoms with Crippen molar-refractivity contribution in [2.75, 3.05) is 23.7 Å². The SMILES string of the molecule is NCCNc1cc2nc[nH]c(=O)c2c(Nc2ccccc2S(N)(=O)=O)n1. The Morgan fingerprint density at radius 2 is 2.00 bits per heavy atom. The van der Waals surface area contributed by atoms with Gasteiger partial charge in [0.05, 0.1) is 17.5 Å². The molecule has 0 saturated heterocycles. The molecule has 2 aromatic heterocycles. The number of aromatic amines is 1. The molecule has 136 valence electrons. The van der Waals surface area contributed by atoms with Crippen molar-refractivity contribution in [3.63, 3.8) is 0 Å². The van der Waals surface area contributed by atoms with Gasteiger partial charge in [0, 0.05) is 19.2 Å². The van der Waals surface area contributed by atoms with Crippen LogP contribution in [0, 0.1) is 0 Å². The Labute approximate surface area is 148 Å². The molecular weight excluding hydrogens is 358 g/mol. The summed E-state index contributed by atoms with van der Waals surface area (Å²) in [7, 11) is -3.97. The van der Waals surface area contributed by atoms with Crippen molar-refractivity contribution >= 4 is 38.2 Å². The Hall–Kier alpha value is -3.02. The minimum atomic E-state index is -3.97. The first-order valence-corrected chi connectivity index (χ1v) is 9.16. The van der Waals surface area contributed by atoms with Crippen LogP contribution in [0.4, 0.5) is 17.3 Å². The second-order valence-electron chi connectivity index (χ2n) is 5.36. The van der Waals surface area contributed by atoms with E-state index in [1.165, 1.54) is 18.5 Å². The molecule has 0 atom stereocenters. The van der Waals surface area contributed by atoms with Crippen molar-refractivity contribution in [3.05, 3.63) is 47.0 Å². The predicted octanol–water partition coefficient (Wildman–Crippen LogP) is 0.0797. The Balaban J connectivity index is 2.17. The summed E-state index contributed by atoms with van der Waals surface area (Å²) in [6, 6.07) is 7.68. The van der Waals surface area contributed by atoms with Gasteiger partial charge in [-0.25, -0.2) is 23.5 Å². The van der Waals surface area contributed by atoms with Crippen LogP contribution in [-0.4, -0.2) is 36.5 Å². The zero-order valence-corrected chi connectivity index (χ0v) is 14.4. The molecule has 0 bridgehead atoms. The lowest BCUT2D eigenvalue weighted by Crippen LogP contribution is -2.17. The van der Waals surface area contributed by atoms with Gasteiger partial charge in [-0.3, -0.25) is 4.79 Å². The topological polar surface area (TPSA) is 169 Å². The highest BCUT2D eigenvalue weighted by Gasteiger charge is 2.16. The van der Waals surface area contributed by atoms with Gasteiger partial charge < -0.3 is 21.4 Å². The molecule has 11 heteroatoms. The quantitative estimate of drug-likeness (QED) is 0.403. The highest BCUT2D eigenvalue weighted by molar-refractivity contribution is 7.89. The molecule has 0 saturated carbocycles. The first kappa shape index (κ1) is 17.8. The summed E-state index contributed by atoms with van der Waals surface area (Å²) in [5.74, 6) is 0.587. The molecule has 0 amide bonds. The number of fused-ring (bicyclic) bond motifs is 1. The second-order valence-corrected chi connectivity index (χ2v) is 6.89. The van der Waals surface area contributed by atoms with Crippen molar-refractivity contribution in [3.8, 4) is 0 Å². The van der Waals surface area contributed by atoms with E-state index in [1.54, 1.807) is 18.2 Å². The number of nitrogens with zero attached hydrogens (tertiary/aromatic N) is 2. The van der Waals surface area contributed by atoms with Crippen molar-refractivity contribution in [1.29, 1.82) is 0 Å². The number of aromatic nitrogens is 3. The number of benzene rings is 1. The predicted molar refractivity (Wildman–Crippen MR) is 98.8 cm³/mol. The van der Waals surface area contributed by atoms with Crippen LogP contribution in [0.25, 0.3) is 10.9 Å². The van der Waals surface area contributed by atoms with Crippen molar-refractivity contribution < 1.29 is 8.42 Å². The minimum Gasteiger partial charge on any atom is -0.369 e. The number of sulfonamides is 1. The van der Waals surface area contributed by atoms with Gasteiger partial charge in [-0.15, -0.1) is 0 Å². The smallest absolute Gasteiger partial charge is 0.262 e. The average Bonchev–Trinajstić information content (AvgIpc) is 2.59. The first-order valence-electron chi connectivity index (χ1n) is 7.61. The summed E-state index contributed by atoms with van der Waals surface area (Å²) >= 11 is 0. The maximum Gasteiger partial charge on any atom is 0.262 e. The van der Waals surface area contributed by atoms with Gasteiger partial charge in [0.15, 0.2) is 0 Å². The van der Waals surface area contributed by atoms with E-state index >= 15 is 0 Å². The zero-order chi connectivity index (χ0) is 18.7. The number of nitrogens with two attached hydrogens (primary N) is 2. The molecule has 3 rings (SSSR count). The normalized spacial score (nSPS) is 11.5. The summed E-state index contributed by atoms with van der Waals surface area (Å²) in [5, 5.41) is 11.3. The molecule has 0 radical (unpaired) electrons. The number of pyridine rings is 1. The number of hydrogen-bond acceptors (Lipinski definition) is 8. The number of hydrogen-bond donors (Lipinski definition) is 5. The maximum atomic E-state index is 12.2. The van der Waals surface area contributed by atoms with Crippen molar-refractivity contribution in [2.45, 2.75) is 4.90 Å². The van der Waals surface area contributed by atoms with E-state index in [4.69, 9.17) is 10.9 Å². The summed E-state index contributed by atoms with van der Waals surface area (Å²) in [6.45, 7) is 0.856. The lowest BCUT2D eigenvalue weighted by atomic mass is 10.2. The number of rotatable bonds is 6. The average molecular weight is 375 g/mol. The fourth-order valence-electron chi connectivity index (χ4n) is 2.42. The van der Waals surface area contributed by atoms with Crippen LogP contribution in [0.3, 0.4) is 0 Å². The molecule has 0 unspecified atom stereocenters. The Morgan fingerprint density at radius 3 is 2.73 bits per heavy atom. The lowest BCUT2D eigenvalue weighted by molar-refractivity contribution is 0.598. The van der Waals surface area contributed by atoms with Crippen LogP contribution < -0.4 is 27.1 Å². The Bertz CT molecular complexity index is 1110. The van der Waals surface area contributed by atoms with Gasteiger partial charge in [-0.05, 0) is 12.1 Å². The van der Waals surface area contributed by atoms with E-state index in [1.807, 2.05) is 0 Å². The third-order valence-electron chi connectivity index (χ3n) is 3.52. The minimum absolute atomic E-state index is 0.115. The molecule has 26 heavy (non-hydrogen) atoms. The number of nitrogens with one attached hydrogen (secondary N) is 3. The van der Waals surface area contributed by atoms with Gasteiger partial charge in [0.1, 0.15) is 21.9 Å². The van der Waals surface area contributed by atoms with Gasteiger partial charge in [0.25, 0.3) is 5.56 Å². The number of anilines is 3. The van der Waals surface area contributed by atoms with E-state index in [0.29, 0.717) is 24.4 Å². The Kier molecular flexibility index (Phi) is 4.84. The summed E-state index contributed by atoms with van der Waals surface area (Å²) in [4.78, 5) is 23.1. The summed E-state index contributed by atoms with van der Waals surface area (Å²) < 4.78 is 23.6. The standard InChI is InChI=1S/C15H17N7O3S/c16-5-6-18-12-7-10-13(15(23)20-8-19-10)14(22-12)21-9-3-1-2-4-11(9)26(17,24)25/h1-4,7-8H,5-6,16H2,(H2,17,24,25)(H2,18,21,22)(H,19,20,23). The van der Waals surface area contributed by atoms with Crippen molar-refractivity contribution in [1.82, 2.24) is 15.0 Å². The number of para-hydroxylation sites is 1. The van der Waals surface area contributed by atoms with Gasteiger partial charge in [-0.2, -0.15) is 0 Å². The van der Waals surface area contributed by atoms with Gasteiger partial charge >= 0.3 is 0 Å². The largest absolute Gasteiger partial charge is 0.369 e. The second kappa shape index (κ2) is 7.07. The maximum absolute atomic E-state index is 12.2. The first-order chi connectivity index (χ1) is 12.4. The van der Waals surface area contributed by atoms with Crippen LogP contribution >= 0.6 is 0 Å². The van der Waals surface area contributed by atoms with E-state index in [2.05, 4.69) is 25.6 Å². The van der Waals surface area contributed by atoms with E-state index in [0.717, 1.165) is 0 Å². The molecular formula is C15H17N7O3S. The van der Waals surface area contributed by atoms with Crippen LogP contribution in [0.5, 0.6) is 0 Å². The molecule has 0 aliphatic rings. The summed E-state index contributed by atoms with van der Waals surface area (Å²) in [5.41, 5.74) is 5.66. The van der Waals surface area contributed by atoms with Crippen LogP contribution in [0.1, 0.15) is 0 Å². The van der Waals surface area contributed by atoms with E-state index in [-0.39, 0.29) is 21.8 Å². The number of primary sulfonamides is 1. The van der Waals surface area contributed by atoms with Gasteiger partial charge in [0.2, 0.25) is 10.0 Å². The highest BCUT2D eigenvalue weighted by Crippen LogP contribution is 2.27. The molecule has 10 nitrogen and oxygen atoms in total. The molecule has 3 aromatic rings. The van der Waals surface area contributed by atoms with Crippen LogP contribution in [-0.2, 0) is 10.0 Å². The molecule has 2 heterocycles. The Morgan fingerprint density at radius 1 is 1.23 bits per heavy atom. The molecule has 1 aromatic carbocycles. The third-order valence-corrected chi connectivity index (χ3v) is 4.49. The molecule has 0 spiro atoms. The molecule has 0 aliphatic carbocycles. The molecule has 7 N–H and O–H groups in total. The fraction of sp³-hybridized carbons (Fsp3) is 0.133. The molecule has 0 aliphatic heterocycles. The summed E-state index contributed by atoms with van der Waals surface area (Å²) in [6.07, 6.45) is 1.28. The van der Waals surface area contributed by atoms with Gasteiger partial charge in [-0.1, -0.05) is 12.1 Å². The van der Waals surface area contributed by atoms with E-state index < -0.39 is 15.6 Å². The monoisotopic (exact) mass is 375 g/mol. The number of H-pyrrole nitrogens is 1. The van der Waals surface area contributed by atoms with Crippen LogP contribution in [0.2, 0.25) is 0 Å². The van der Waals surface area contributed by atoms with E-state index in [9.17, 15) is 13.2 Å². The fourth-order valence-corrected chi connectivity index (χ4v) is 3.11. The highest BCUT2D eigenvalue weighted by atomic mass is 32.2. The lowest BCUT2D eigenvalue weighted by Gasteiger charge is -2.13. The zero-order valence-electron chi connectivity index (χ0n) is 13.6.